The summed E-state index contributed by atoms with van der Waals surface area (Å²) in [5.74, 6) is -1.60. The highest BCUT2D eigenvalue weighted by atomic mass is 35.5. The summed E-state index contributed by atoms with van der Waals surface area (Å²) in [4.78, 5) is 24.2. The molecule has 0 aliphatic rings. The molecule has 0 spiro atoms. The van der Waals surface area contributed by atoms with Gasteiger partial charge in [0.1, 0.15) is 0 Å². The van der Waals surface area contributed by atoms with Crippen LogP contribution in [0.1, 0.15) is 35.0 Å². The Kier molecular flexibility index (Phi) is 7.27. The molecule has 2 aromatic carbocycles. The van der Waals surface area contributed by atoms with Crippen molar-refractivity contribution in [1.82, 2.24) is 20.7 Å². The molecule has 0 radical (unpaired) electrons. The second-order valence-corrected chi connectivity index (χ2v) is 8.55. The lowest BCUT2D eigenvalue weighted by molar-refractivity contribution is -0.151. The second kappa shape index (κ2) is 9.93. The topological polar surface area (TPSA) is 128 Å². The fourth-order valence-electron chi connectivity index (χ4n) is 3.52. The molecule has 2 atom stereocenters. The van der Waals surface area contributed by atoms with Crippen LogP contribution >= 0.6 is 11.6 Å². The van der Waals surface area contributed by atoms with Gasteiger partial charge in [0.05, 0.1) is 18.2 Å². The lowest BCUT2D eigenvalue weighted by atomic mass is 9.82. The molecule has 3 rings (SSSR count). The second-order valence-electron chi connectivity index (χ2n) is 8.11. The van der Waals surface area contributed by atoms with Crippen molar-refractivity contribution >= 4 is 23.5 Å². The Bertz CT molecular complexity index is 1090. The number of aryl methyl sites for hydroxylation is 1. The van der Waals surface area contributed by atoms with Crippen LogP contribution in [-0.4, -0.2) is 50.1 Å². The van der Waals surface area contributed by atoms with Crippen molar-refractivity contribution in [2.24, 2.45) is 5.41 Å². The summed E-state index contributed by atoms with van der Waals surface area (Å²) in [6.45, 7) is 2.91. The molecule has 3 aromatic rings. The number of carboxylic acid groups (broad SMARTS) is 1. The number of carbonyl (C=O) groups excluding carboxylic acids is 1. The highest BCUT2D eigenvalue weighted by Gasteiger charge is 2.36. The van der Waals surface area contributed by atoms with E-state index in [-0.39, 0.29) is 12.1 Å². The van der Waals surface area contributed by atoms with Gasteiger partial charge in [-0.2, -0.15) is 15.4 Å². The van der Waals surface area contributed by atoms with Crippen LogP contribution in [-0.2, 0) is 11.2 Å². The van der Waals surface area contributed by atoms with E-state index in [4.69, 9.17) is 11.6 Å². The minimum absolute atomic E-state index is 0.0393. The number of aliphatic hydroxyl groups excluding tert-OH is 1. The lowest BCUT2D eigenvalue weighted by Crippen LogP contribution is -2.44. The summed E-state index contributed by atoms with van der Waals surface area (Å²) in [6, 6.07) is 13.0. The van der Waals surface area contributed by atoms with E-state index in [1.807, 2.05) is 49.4 Å². The lowest BCUT2D eigenvalue weighted by Gasteiger charge is -2.28. The molecule has 0 bridgehead atoms. The number of nitrogens with zero attached hydrogens (tertiary/aromatic N) is 2. The average molecular weight is 457 g/mol. The molecule has 0 aliphatic carbocycles. The number of hydrogen-bond acceptors (Lipinski definition) is 5. The van der Waals surface area contributed by atoms with Crippen LogP contribution in [0.15, 0.2) is 48.7 Å². The molecule has 4 N–H and O–H groups in total. The predicted molar refractivity (Wildman–Crippen MR) is 120 cm³/mol. The van der Waals surface area contributed by atoms with E-state index in [0.717, 1.165) is 22.3 Å². The third-order valence-electron chi connectivity index (χ3n) is 5.49. The summed E-state index contributed by atoms with van der Waals surface area (Å²) >= 11 is 6.14. The van der Waals surface area contributed by atoms with Crippen LogP contribution in [0.5, 0.6) is 0 Å². The number of aromatic amines is 1. The zero-order chi connectivity index (χ0) is 23.3. The van der Waals surface area contributed by atoms with E-state index in [2.05, 4.69) is 20.7 Å². The van der Waals surface area contributed by atoms with Crippen molar-refractivity contribution in [2.75, 3.05) is 6.61 Å². The third kappa shape index (κ3) is 5.52. The summed E-state index contributed by atoms with van der Waals surface area (Å²) in [5.41, 5.74) is 2.73. The molecule has 168 valence electrons. The first-order chi connectivity index (χ1) is 15.2. The van der Waals surface area contributed by atoms with Gasteiger partial charge in [0, 0.05) is 11.1 Å². The van der Waals surface area contributed by atoms with Crippen molar-refractivity contribution in [1.29, 1.82) is 0 Å². The van der Waals surface area contributed by atoms with Crippen LogP contribution < -0.4 is 5.32 Å². The van der Waals surface area contributed by atoms with Gasteiger partial charge in [0.25, 0.3) is 5.91 Å². The first-order valence-electron chi connectivity index (χ1n) is 10.1. The van der Waals surface area contributed by atoms with E-state index >= 15 is 0 Å². The first-order valence-corrected chi connectivity index (χ1v) is 10.5. The zero-order valence-electron chi connectivity index (χ0n) is 17.8. The molecular weight excluding hydrogens is 432 g/mol. The number of carboxylic acids is 1. The molecule has 1 amide bonds. The SMILES string of the molecule is Cc1ccc(Cl)cc1-c1ccc(C[C@H](CC(C)(CO)C(=O)O)NC(=O)c2cn[nH]n2)cc1. The molecule has 1 aromatic heterocycles. The normalized spacial score (nSPS) is 13.9. The van der Waals surface area contributed by atoms with Crippen molar-refractivity contribution < 1.29 is 19.8 Å². The minimum Gasteiger partial charge on any atom is -0.481 e. The maximum atomic E-state index is 12.5. The van der Waals surface area contributed by atoms with Crippen LogP contribution in [0.2, 0.25) is 5.02 Å². The Morgan fingerprint density at radius 1 is 1.22 bits per heavy atom. The van der Waals surface area contributed by atoms with E-state index < -0.39 is 29.9 Å². The molecule has 9 heteroatoms. The maximum Gasteiger partial charge on any atom is 0.311 e. The summed E-state index contributed by atoms with van der Waals surface area (Å²) in [6.07, 6.45) is 1.70. The van der Waals surface area contributed by atoms with Crippen LogP contribution in [0.25, 0.3) is 11.1 Å². The number of hydrogen-bond donors (Lipinski definition) is 4. The molecule has 1 unspecified atom stereocenters. The minimum atomic E-state index is -1.40. The highest BCUT2D eigenvalue weighted by molar-refractivity contribution is 6.30. The summed E-state index contributed by atoms with van der Waals surface area (Å²) in [5, 5.41) is 32.5. The Balaban J connectivity index is 1.82. The van der Waals surface area contributed by atoms with E-state index in [1.54, 1.807) is 0 Å². The zero-order valence-corrected chi connectivity index (χ0v) is 18.6. The van der Waals surface area contributed by atoms with E-state index in [1.165, 1.54) is 13.1 Å². The number of amides is 1. The number of aliphatic carboxylic acids is 1. The number of aliphatic hydroxyl groups is 1. The van der Waals surface area contributed by atoms with Gasteiger partial charge in [-0.1, -0.05) is 41.9 Å². The quantitative estimate of drug-likeness (QED) is 0.391. The average Bonchev–Trinajstić information content (AvgIpc) is 3.31. The number of aromatic nitrogens is 3. The maximum absolute atomic E-state index is 12.5. The van der Waals surface area contributed by atoms with Gasteiger partial charge in [0.15, 0.2) is 5.69 Å². The number of halogens is 1. The Morgan fingerprint density at radius 3 is 2.53 bits per heavy atom. The van der Waals surface area contributed by atoms with Crippen LogP contribution in [0, 0.1) is 12.3 Å². The standard InChI is InChI=1S/C23H25ClN4O4/c1-14-3-8-17(24)10-19(14)16-6-4-15(5-7-16)9-18(11-23(2,13-29)22(31)32)26-21(30)20-12-25-28-27-20/h3-8,10,12,18,29H,9,11,13H2,1-2H3,(H,26,30)(H,31,32)(H,25,27,28)/t18-,23?/m1/s1. The highest BCUT2D eigenvalue weighted by Crippen LogP contribution is 2.28. The molecule has 0 saturated carbocycles. The number of nitrogens with one attached hydrogen (secondary N) is 2. The van der Waals surface area contributed by atoms with Crippen molar-refractivity contribution in [3.8, 4) is 11.1 Å². The van der Waals surface area contributed by atoms with Gasteiger partial charge in [-0.25, -0.2) is 0 Å². The van der Waals surface area contributed by atoms with Gasteiger partial charge in [-0.15, -0.1) is 0 Å². The number of benzene rings is 2. The largest absolute Gasteiger partial charge is 0.481 e. The van der Waals surface area contributed by atoms with Crippen LogP contribution in [0.4, 0.5) is 0 Å². The van der Waals surface area contributed by atoms with Gasteiger partial charge in [0.2, 0.25) is 0 Å². The van der Waals surface area contributed by atoms with Crippen molar-refractivity contribution in [3.05, 3.63) is 70.5 Å². The van der Waals surface area contributed by atoms with Crippen molar-refractivity contribution in [2.45, 2.75) is 32.7 Å². The fourth-order valence-corrected chi connectivity index (χ4v) is 3.69. The Morgan fingerprint density at radius 2 is 1.94 bits per heavy atom. The monoisotopic (exact) mass is 456 g/mol. The molecule has 32 heavy (non-hydrogen) atoms. The fraction of sp³-hybridized carbons (Fsp3) is 0.304. The molecule has 1 heterocycles. The van der Waals surface area contributed by atoms with Gasteiger partial charge in [-0.05, 0) is 61.1 Å². The molecule has 0 fully saturated rings. The molecule has 8 nitrogen and oxygen atoms in total. The van der Waals surface area contributed by atoms with Crippen molar-refractivity contribution in [3.63, 3.8) is 0 Å². The Labute approximate surface area is 190 Å². The number of rotatable bonds is 9. The smallest absolute Gasteiger partial charge is 0.311 e. The van der Waals surface area contributed by atoms with E-state index in [9.17, 15) is 19.8 Å². The van der Waals surface area contributed by atoms with Gasteiger partial charge in [-0.3, -0.25) is 9.59 Å². The summed E-state index contributed by atoms with van der Waals surface area (Å²) < 4.78 is 0. The number of H-pyrrole nitrogens is 1. The molecule has 0 saturated heterocycles. The number of carbonyl (C=O) groups is 2. The molecular formula is C23H25ClN4O4. The molecule has 0 aliphatic heterocycles. The first kappa shape index (κ1) is 23.4. The van der Waals surface area contributed by atoms with Gasteiger partial charge < -0.3 is 15.5 Å². The van der Waals surface area contributed by atoms with E-state index in [0.29, 0.717) is 11.4 Å². The summed E-state index contributed by atoms with van der Waals surface area (Å²) in [7, 11) is 0. The van der Waals surface area contributed by atoms with Crippen LogP contribution in [0.3, 0.4) is 0 Å². The Hall–Kier alpha value is -3.23. The predicted octanol–water partition coefficient (Wildman–Crippen LogP) is 3.25. The van der Waals surface area contributed by atoms with Gasteiger partial charge >= 0.3 is 5.97 Å². The third-order valence-corrected chi connectivity index (χ3v) is 5.73.